The predicted octanol–water partition coefficient (Wildman–Crippen LogP) is 6.23. The molecule has 35 heavy (non-hydrogen) atoms. The van der Waals surface area contributed by atoms with Crippen molar-refractivity contribution in [3.8, 4) is 28.5 Å². The summed E-state index contributed by atoms with van der Waals surface area (Å²) >= 11 is 6.36. The summed E-state index contributed by atoms with van der Waals surface area (Å²) in [6.45, 7) is 1.08. The van der Waals surface area contributed by atoms with E-state index in [4.69, 9.17) is 26.5 Å². The lowest BCUT2D eigenvalue weighted by Crippen LogP contribution is -2.23. The zero-order chi connectivity index (χ0) is 24.6. The molecule has 0 radical (unpaired) electrons. The quantitative estimate of drug-likeness (QED) is 0.363. The molecule has 0 amide bonds. The van der Waals surface area contributed by atoms with E-state index in [1.165, 1.54) is 0 Å². The molecule has 7 heteroatoms. The van der Waals surface area contributed by atoms with Crippen LogP contribution in [0.3, 0.4) is 0 Å². The number of nitriles is 1. The lowest BCUT2D eigenvalue weighted by Gasteiger charge is -2.28. The molecule has 0 aliphatic heterocycles. The summed E-state index contributed by atoms with van der Waals surface area (Å²) in [6, 6.07) is 20.4. The van der Waals surface area contributed by atoms with Crippen molar-refractivity contribution in [1.29, 1.82) is 5.26 Å². The van der Waals surface area contributed by atoms with E-state index in [9.17, 15) is 10.1 Å². The molecule has 0 bridgehead atoms. The molecule has 2 aromatic carbocycles. The molecule has 1 heterocycles. The first kappa shape index (κ1) is 25.0. The van der Waals surface area contributed by atoms with Crippen molar-refractivity contribution in [3.63, 3.8) is 0 Å². The Morgan fingerprint density at radius 2 is 1.80 bits per heavy atom. The van der Waals surface area contributed by atoms with Gasteiger partial charge in [-0.1, -0.05) is 54.1 Å². The molecule has 4 rings (SSSR count). The summed E-state index contributed by atoms with van der Waals surface area (Å²) in [5.41, 5.74) is 5.13. The van der Waals surface area contributed by atoms with Gasteiger partial charge in [0.25, 0.3) is 0 Å². The van der Waals surface area contributed by atoms with Gasteiger partial charge in [0.15, 0.2) is 0 Å². The van der Waals surface area contributed by atoms with Crippen LogP contribution in [-0.4, -0.2) is 34.1 Å². The molecular formula is C28H30ClN3O3. The minimum Gasteiger partial charge on any atom is -0.480 e. The highest BCUT2D eigenvalue weighted by Crippen LogP contribution is 2.38. The number of aliphatic carboxylic acids is 1. The molecule has 1 aliphatic rings. The van der Waals surface area contributed by atoms with Crippen molar-refractivity contribution >= 4 is 17.6 Å². The zero-order valence-electron chi connectivity index (χ0n) is 19.7. The van der Waals surface area contributed by atoms with Gasteiger partial charge >= 0.3 is 5.97 Å². The van der Waals surface area contributed by atoms with Gasteiger partial charge in [0.1, 0.15) is 6.61 Å². The fraction of sp³-hybridized carbons (Fsp3) is 0.393. The molecule has 3 aromatic rings. The molecule has 1 aromatic heterocycles. The number of hydrogen-bond acceptors (Lipinski definition) is 4. The van der Waals surface area contributed by atoms with Gasteiger partial charge in [0.05, 0.1) is 24.1 Å². The number of nitrogens with zero attached hydrogens (tertiary/aromatic N) is 3. The van der Waals surface area contributed by atoms with Crippen LogP contribution in [0.5, 0.6) is 0 Å². The van der Waals surface area contributed by atoms with Crippen LogP contribution in [0.2, 0.25) is 5.02 Å². The van der Waals surface area contributed by atoms with Crippen LogP contribution in [-0.2, 0) is 22.5 Å². The molecule has 0 spiro atoms. The van der Waals surface area contributed by atoms with E-state index in [1.54, 1.807) is 0 Å². The van der Waals surface area contributed by atoms with Crippen molar-refractivity contribution in [2.75, 3.05) is 13.2 Å². The van der Waals surface area contributed by atoms with E-state index in [-0.39, 0.29) is 6.61 Å². The molecule has 1 fully saturated rings. The van der Waals surface area contributed by atoms with Gasteiger partial charge in [-0.15, -0.1) is 0 Å². The number of halogens is 1. The van der Waals surface area contributed by atoms with Crippen LogP contribution >= 0.6 is 11.6 Å². The Morgan fingerprint density at radius 1 is 1.09 bits per heavy atom. The highest BCUT2D eigenvalue weighted by Gasteiger charge is 2.26. The van der Waals surface area contributed by atoms with Gasteiger partial charge in [0.2, 0.25) is 0 Å². The van der Waals surface area contributed by atoms with Gasteiger partial charge in [-0.2, -0.15) is 10.4 Å². The first-order valence-corrected chi connectivity index (χ1v) is 12.5. The number of benzene rings is 2. The van der Waals surface area contributed by atoms with Gasteiger partial charge in [-0.05, 0) is 55.2 Å². The second-order valence-electron chi connectivity index (χ2n) is 9.18. The average molecular weight is 492 g/mol. The fourth-order valence-corrected chi connectivity index (χ4v) is 5.16. The molecule has 1 N–H and O–H groups in total. The maximum Gasteiger partial charge on any atom is 0.329 e. The summed E-state index contributed by atoms with van der Waals surface area (Å²) in [5.74, 6) is -0.0392. The van der Waals surface area contributed by atoms with Crippen LogP contribution in [0.1, 0.15) is 37.8 Å². The number of rotatable bonds is 10. The maximum atomic E-state index is 10.7. The number of carbonyl (C=O) groups is 1. The minimum absolute atomic E-state index is 0.231. The molecule has 182 valence electrons. The Bertz CT molecular complexity index is 1180. The third-order valence-corrected chi connectivity index (χ3v) is 6.87. The maximum absolute atomic E-state index is 10.7. The second-order valence-corrected chi connectivity index (χ2v) is 9.62. The number of carboxylic acid groups (broad SMARTS) is 1. The fourth-order valence-electron chi connectivity index (χ4n) is 4.97. The number of hydrogen-bond donors (Lipinski definition) is 1. The summed E-state index contributed by atoms with van der Waals surface area (Å²) in [7, 11) is 0. The number of carboxylic acids is 1. The highest BCUT2D eigenvalue weighted by atomic mass is 35.5. The first-order valence-electron chi connectivity index (χ1n) is 12.1. The lowest BCUT2D eigenvalue weighted by molar-refractivity contribution is -0.142. The molecule has 0 unspecified atom stereocenters. The third-order valence-electron chi connectivity index (χ3n) is 6.64. The number of ether oxygens (including phenoxy) is 1. The Morgan fingerprint density at radius 3 is 2.49 bits per heavy atom. The Balaban J connectivity index is 1.62. The van der Waals surface area contributed by atoms with E-state index in [0.29, 0.717) is 36.3 Å². The van der Waals surface area contributed by atoms with E-state index >= 15 is 0 Å². The van der Waals surface area contributed by atoms with Crippen LogP contribution in [0.25, 0.3) is 22.4 Å². The van der Waals surface area contributed by atoms with Gasteiger partial charge in [-0.3, -0.25) is 4.68 Å². The van der Waals surface area contributed by atoms with Crippen molar-refractivity contribution in [3.05, 3.63) is 65.3 Å². The summed E-state index contributed by atoms with van der Waals surface area (Å²) < 4.78 is 7.46. The van der Waals surface area contributed by atoms with Crippen LogP contribution in [0, 0.1) is 23.2 Å². The van der Waals surface area contributed by atoms with Gasteiger partial charge in [-0.25, -0.2) is 4.79 Å². The van der Waals surface area contributed by atoms with Crippen LogP contribution < -0.4 is 0 Å². The van der Waals surface area contributed by atoms with Crippen LogP contribution in [0.15, 0.2) is 54.6 Å². The molecule has 1 saturated carbocycles. The minimum atomic E-state index is -0.923. The Hall–Kier alpha value is -3.14. The van der Waals surface area contributed by atoms with Crippen LogP contribution in [0.4, 0.5) is 0 Å². The first-order chi connectivity index (χ1) is 17.0. The summed E-state index contributed by atoms with van der Waals surface area (Å²) in [5, 5.41) is 23.8. The standard InChI is InChI=1S/C28H30ClN3O3/c29-24-9-4-8-23(16-24)27-25(10-5-15-30)31-32(28(27)22-6-2-1-3-7-22)17-20-11-13-21(14-12-20)18-35-19-26(33)34/h1-4,6-9,16,20-21H,5,10-14,17-19H2,(H,33,34). The largest absolute Gasteiger partial charge is 0.480 e. The van der Waals surface area contributed by atoms with E-state index < -0.39 is 5.97 Å². The smallest absolute Gasteiger partial charge is 0.329 e. The monoisotopic (exact) mass is 491 g/mol. The topological polar surface area (TPSA) is 88.1 Å². The van der Waals surface area contributed by atoms with Crippen molar-refractivity contribution in [2.45, 2.75) is 45.1 Å². The molecule has 6 nitrogen and oxygen atoms in total. The second kappa shape index (κ2) is 12.0. The molecular weight excluding hydrogens is 462 g/mol. The third kappa shape index (κ3) is 6.50. The van der Waals surface area contributed by atoms with Crippen molar-refractivity contribution in [2.24, 2.45) is 11.8 Å². The van der Waals surface area contributed by atoms with E-state index in [2.05, 4.69) is 29.0 Å². The van der Waals surface area contributed by atoms with Gasteiger partial charge < -0.3 is 9.84 Å². The molecule has 0 atom stereocenters. The number of aromatic nitrogens is 2. The summed E-state index contributed by atoms with van der Waals surface area (Å²) in [6.07, 6.45) is 5.13. The summed E-state index contributed by atoms with van der Waals surface area (Å²) in [4.78, 5) is 10.7. The highest BCUT2D eigenvalue weighted by molar-refractivity contribution is 6.30. The van der Waals surface area contributed by atoms with E-state index in [0.717, 1.165) is 60.3 Å². The average Bonchev–Trinajstić information content (AvgIpc) is 3.22. The molecule has 0 saturated heterocycles. The van der Waals surface area contributed by atoms with Crippen molar-refractivity contribution in [1.82, 2.24) is 9.78 Å². The van der Waals surface area contributed by atoms with Crippen molar-refractivity contribution < 1.29 is 14.6 Å². The zero-order valence-corrected chi connectivity index (χ0v) is 20.5. The normalized spacial score (nSPS) is 17.7. The SMILES string of the molecule is N#CCCc1nn(CC2CCC(COCC(=O)O)CC2)c(-c2ccccc2)c1-c1cccc(Cl)c1. The van der Waals surface area contributed by atoms with Gasteiger partial charge in [0, 0.05) is 35.5 Å². The Kier molecular flexibility index (Phi) is 8.57. The lowest BCUT2D eigenvalue weighted by atomic mass is 9.82. The molecule has 1 aliphatic carbocycles. The van der Waals surface area contributed by atoms with E-state index in [1.807, 2.05) is 36.4 Å². The number of aryl methyl sites for hydroxylation is 1. The Labute approximate surface area is 211 Å². The predicted molar refractivity (Wildman–Crippen MR) is 136 cm³/mol.